The number of aliphatic hydroxyl groups is 2. The Balaban J connectivity index is 2.20. The Bertz CT molecular complexity index is 1170. The first-order chi connectivity index (χ1) is 14.6. The monoisotopic (exact) mass is 443 g/mol. The molecule has 0 aliphatic rings. The summed E-state index contributed by atoms with van der Waals surface area (Å²) in [5.74, 6) is -2.11. The van der Waals surface area contributed by atoms with Crippen molar-refractivity contribution >= 4 is 15.8 Å². The van der Waals surface area contributed by atoms with Crippen molar-refractivity contribution in [3.8, 4) is 16.9 Å². The van der Waals surface area contributed by atoms with Crippen LogP contribution < -0.4 is 0 Å². The van der Waals surface area contributed by atoms with Crippen LogP contribution in [0, 0.1) is 6.92 Å². The van der Waals surface area contributed by atoms with E-state index in [0.29, 0.717) is 17.0 Å². The van der Waals surface area contributed by atoms with Crippen LogP contribution in [-0.4, -0.2) is 53.2 Å². The molecule has 2 atom stereocenters. The van der Waals surface area contributed by atoms with Gasteiger partial charge in [-0.25, -0.2) is 8.42 Å². The molecule has 0 fully saturated rings. The van der Waals surface area contributed by atoms with Crippen LogP contribution in [0.5, 0.6) is 0 Å². The van der Waals surface area contributed by atoms with Crippen molar-refractivity contribution in [3.05, 3.63) is 71.9 Å². The molecule has 31 heavy (non-hydrogen) atoms. The van der Waals surface area contributed by atoms with E-state index in [1.165, 1.54) is 12.1 Å². The number of carbonyl (C=O) groups is 1. The summed E-state index contributed by atoms with van der Waals surface area (Å²) in [4.78, 5) is 12.2. The summed E-state index contributed by atoms with van der Waals surface area (Å²) in [6.07, 6.45) is -0.142. The lowest BCUT2D eigenvalue weighted by Crippen LogP contribution is -2.22. The number of nitrogens with zero attached hydrogens (tertiary/aromatic N) is 1. The molecule has 0 saturated carbocycles. The van der Waals surface area contributed by atoms with Gasteiger partial charge in [-0.2, -0.15) is 0 Å². The smallest absolute Gasteiger partial charge is 0.311 e. The van der Waals surface area contributed by atoms with E-state index in [1.807, 2.05) is 34.9 Å². The standard InChI is InChI=1S/C23H25NO6S/c1-15-20(21(23(27)28)12-18(26)14-25)13-22(24(15)17-6-4-3-5-7-17)16-8-10-19(11-9-16)31(2,29)30/h3-11,13,18,21,25-26H,12,14H2,1-2H3,(H,27,28)/t18-,21+/m0/s1. The number of aliphatic hydroxyl groups excluding tert-OH is 2. The SMILES string of the molecule is Cc1c([C@@H](C[C@H](O)CO)C(=O)O)cc(-c2ccc(S(C)(=O)=O)cc2)n1-c1ccccc1. The molecule has 0 aliphatic carbocycles. The molecule has 3 aromatic rings. The topological polar surface area (TPSA) is 117 Å². The first-order valence-electron chi connectivity index (χ1n) is 9.73. The molecule has 1 heterocycles. The van der Waals surface area contributed by atoms with Crippen molar-refractivity contribution in [2.45, 2.75) is 30.3 Å². The van der Waals surface area contributed by atoms with Crippen LogP contribution in [0.3, 0.4) is 0 Å². The van der Waals surface area contributed by atoms with Crippen LogP contribution in [0.2, 0.25) is 0 Å². The van der Waals surface area contributed by atoms with Gasteiger partial charge in [0.2, 0.25) is 0 Å². The molecule has 3 rings (SSSR count). The Kier molecular flexibility index (Phi) is 6.64. The molecule has 164 valence electrons. The van der Waals surface area contributed by atoms with Gasteiger partial charge in [0.1, 0.15) is 0 Å². The number of aromatic nitrogens is 1. The lowest BCUT2D eigenvalue weighted by molar-refractivity contribution is -0.139. The Labute approximate surface area is 181 Å². The summed E-state index contributed by atoms with van der Waals surface area (Å²) in [7, 11) is -3.34. The summed E-state index contributed by atoms with van der Waals surface area (Å²) in [5.41, 5.74) is 3.44. The van der Waals surface area contributed by atoms with Crippen molar-refractivity contribution in [3.63, 3.8) is 0 Å². The van der Waals surface area contributed by atoms with E-state index in [0.717, 1.165) is 17.5 Å². The number of sulfone groups is 1. The highest BCUT2D eigenvalue weighted by atomic mass is 32.2. The molecule has 0 aliphatic heterocycles. The molecule has 0 amide bonds. The van der Waals surface area contributed by atoms with Gasteiger partial charge in [-0.15, -0.1) is 0 Å². The van der Waals surface area contributed by atoms with E-state index in [2.05, 4.69) is 0 Å². The van der Waals surface area contributed by atoms with E-state index in [-0.39, 0.29) is 11.3 Å². The van der Waals surface area contributed by atoms with Gasteiger partial charge in [0.15, 0.2) is 9.84 Å². The van der Waals surface area contributed by atoms with Gasteiger partial charge in [0, 0.05) is 17.6 Å². The van der Waals surface area contributed by atoms with Crippen LogP contribution >= 0.6 is 0 Å². The summed E-state index contributed by atoms with van der Waals surface area (Å²) in [5, 5.41) is 28.9. The van der Waals surface area contributed by atoms with Crippen molar-refractivity contribution < 1.29 is 28.5 Å². The van der Waals surface area contributed by atoms with Gasteiger partial charge < -0.3 is 19.9 Å². The van der Waals surface area contributed by atoms with E-state index in [9.17, 15) is 28.5 Å². The number of benzene rings is 2. The van der Waals surface area contributed by atoms with E-state index in [4.69, 9.17) is 0 Å². The Morgan fingerprint density at radius 1 is 1.06 bits per heavy atom. The maximum atomic E-state index is 12.0. The first kappa shape index (κ1) is 22.7. The van der Waals surface area contributed by atoms with Crippen molar-refractivity contribution in [1.82, 2.24) is 4.57 Å². The maximum absolute atomic E-state index is 12.0. The van der Waals surface area contributed by atoms with E-state index >= 15 is 0 Å². The highest BCUT2D eigenvalue weighted by Crippen LogP contribution is 2.35. The summed E-state index contributed by atoms with van der Waals surface area (Å²) in [6, 6.07) is 17.6. The fraction of sp³-hybridized carbons (Fsp3) is 0.261. The van der Waals surface area contributed by atoms with E-state index in [1.54, 1.807) is 25.1 Å². The summed E-state index contributed by atoms with van der Waals surface area (Å²) < 4.78 is 25.5. The highest BCUT2D eigenvalue weighted by Gasteiger charge is 2.28. The minimum atomic E-state index is -3.34. The van der Waals surface area contributed by atoms with Crippen LogP contribution in [0.1, 0.15) is 23.6 Å². The normalized spacial score (nSPS) is 13.7. The minimum Gasteiger partial charge on any atom is -0.481 e. The van der Waals surface area contributed by atoms with Gasteiger partial charge >= 0.3 is 5.97 Å². The average molecular weight is 444 g/mol. The number of carboxylic acids is 1. The predicted octanol–water partition coefficient (Wildman–Crippen LogP) is 2.77. The number of carboxylic acid groups (broad SMARTS) is 1. The zero-order valence-corrected chi connectivity index (χ0v) is 18.1. The van der Waals surface area contributed by atoms with Crippen molar-refractivity contribution in [2.75, 3.05) is 12.9 Å². The molecular weight excluding hydrogens is 418 g/mol. The average Bonchev–Trinajstić information content (AvgIpc) is 3.08. The lowest BCUT2D eigenvalue weighted by Gasteiger charge is -2.16. The first-order valence-corrected chi connectivity index (χ1v) is 11.6. The third kappa shape index (κ3) is 4.87. The number of para-hydroxylation sites is 1. The van der Waals surface area contributed by atoms with Crippen molar-refractivity contribution in [1.29, 1.82) is 0 Å². The molecule has 0 saturated heterocycles. The quantitative estimate of drug-likeness (QED) is 0.493. The third-order valence-electron chi connectivity index (χ3n) is 5.27. The van der Waals surface area contributed by atoms with Gasteiger partial charge in [0.25, 0.3) is 0 Å². The van der Waals surface area contributed by atoms with Gasteiger partial charge in [0.05, 0.1) is 29.2 Å². The molecule has 0 bridgehead atoms. The number of hydrogen-bond acceptors (Lipinski definition) is 5. The second-order valence-corrected chi connectivity index (χ2v) is 9.52. The Hall–Kier alpha value is -2.94. The molecule has 0 unspecified atom stereocenters. The van der Waals surface area contributed by atoms with Gasteiger partial charge in [-0.3, -0.25) is 4.79 Å². The zero-order valence-electron chi connectivity index (χ0n) is 17.3. The second kappa shape index (κ2) is 9.05. The van der Waals surface area contributed by atoms with Gasteiger partial charge in [-0.1, -0.05) is 30.3 Å². The summed E-state index contributed by atoms with van der Waals surface area (Å²) in [6.45, 7) is 1.28. The maximum Gasteiger partial charge on any atom is 0.311 e. The molecule has 1 aromatic heterocycles. The molecule has 3 N–H and O–H groups in total. The minimum absolute atomic E-state index is 0.127. The second-order valence-electron chi connectivity index (χ2n) is 7.50. The van der Waals surface area contributed by atoms with Crippen LogP contribution in [0.4, 0.5) is 0 Å². The van der Waals surface area contributed by atoms with Crippen LogP contribution in [0.25, 0.3) is 16.9 Å². The lowest BCUT2D eigenvalue weighted by atomic mass is 9.93. The fourth-order valence-electron chi connectivity index (χ4n) is 3.68. The molecule has 0 spiro atoms. The number of hydrogen-bond donors (Lipinski definition) is 3. The largest absolute Gasteiger partial charge is 0.481 e. The zero-order chi connectivity index (χ0) is 22.8. The molecule has 7 nitrogen and oxygen atoms in total. The van der Waals surface area contributed by atoms with Crippen LogP contribution in [-0.2, 0) is 14.6 Å². The Morgan fingerprint density at radius 3 is 2.19 bits per heavy atom. The Morgan fingerprint density at radius 2 is 1.68 bits per heavy atom. The molecule has 0 radical (unpaired) electrons. The molecule has 8 heteroatoms. The van der Waals surface area contributed by atoms with Crippen molar-refractivity contribution in [2.24, 2.45) is 0 Å². The van der Waals surface area contributed by atoms with Crippen LogP contribution in [0.15, 0.2) is 65.6 Å². The highest BCUT2D eigenvalue weighted by molar-refractivity contribution is 7.90. The number of rotatable bonds is 8. The fourth-order valence-corrected chi connectivity index (χ4v) is 4.31. The molecular formula is C23H25NO6S. The third-order valence-corrected chi connectivity index (χ3v) is 6.40. The van der Waals surface area contributed by atoms with E-state index < -0.39 is 34.4 Å². The molecule has 2 aromatic carbocycles. The predicted molar refractivity (Wildman–Crippen MR) is 117 cm³/mol. The summed E-state index contributed by atoms with van der Waals surface area (Å²) >= 11 is 0. The number of aliphatic carboxylic acids is 1. The van der Waals surface area contributed by atoms with Gasteiger partial charge in [-0.05, 0) is 54.8 Å².